The van der Waals surface area contributed by atoms with E-state index in [4.69, 9.17) is 13.9 Å². The number of benzene rings is 2. The minimum atomic E-state index is -0.533. The summed E-state index contributed by atoms with van der Waals surface area (Å²) in [4.78, 5) is 12.2. The van der Waals surface area contributed by atoms with Crippen LogP contribution in [0.4, 0.5) is 0 Å². The van der Waals surface area contributed by atoms with Gasteiger partial charge >= 0.3 is 5.97 Å². The van der Waals surface area contributed by atoms with E-state index in [0.29, 0.717) is 22.3 Å². The third-order valence-corrected chi connectivity index (χ3v) is 3.51. The van der Waals surface area contributed by atoms with Gasteiger partial charge in [0.15, 0.2) is 0 Å². The molecular weight excluding hydrogens is 296 g/mol. The van der Waals surface area contributed by atoms with Crippen LogP contribution >= 0.6 is 0 Å². The summed E-state index contributed by atoms with van der Waals surface area (Å²) in [5.74, 6) is 0.400. The van der Waals surface area contributed by atoms with Gasteiger partial charge in [0.25, 0.3) is 0 Å². The molecule has 0 aliphatic carbocycles. The Kier molecular flexibility index (Phi) is 3.93. The molecule has 3 aromatic rings. The number of methoxy groups -OCH3 is 1. The van der Waals surface area contributed by atoms with Crippen LogP contribution in [-0.4, -0.2) is 24.8 Å². The largest absolute Gasteiger partial charge is 0.508 e. The number of carbonyl (C=O) groups excluding carboxylic acids is 1. The van der Waals surface area contributed by atoms with Gasteiger partial charge in [-0.3, -0.25) is 0 Å². The molecule has 0 aliphatic heterocycles. The second-order valence-electron chi connectivity index (χ2n) is 4.94. The fraction of sp³-hybridized carbons (Fsp3) is 0.167. The maximum atomic E-state index is 12.2. The third-order valence-electron chi connectivity index (χ3n) is 3.51. The van der Waals surface area contributed by atoms with Crippen molar-refractivity contribution >= 4 is 16.9 Å². The first-order chi connectivity index (χ1) is 11.1. The van der Waals surface area contributed by atoms with Crippen molar-refractivity contribution in [2.24, 2.45) is 0 Å². The second-order valence-corrected chi connectivity index (χ2v) is 4.94. The zero-order valence-corrected chi connectivity index (χ0v) is 12.8. The molecule has 0 atom stereocenters. The first-order valence-corrected chi connectivity index (χ1v) is 7.21. The Labute approximate surface area is 133 Å². The topological polar surface area (TPSA) is 68.9 Å². The second kappa shape index (κ2) is 6.04. The molecule has 0 radical (unpaired) electrons. The highest BCUT2D eigenvalue weighted by Crippen LogP contribution is 2.37. The van der Waals surface area contributed by atoms with Gasteiger partial charge in [-0.05, 0) is 42.8 Å². The van der Waals surface area contributed by atoms with Gasteiger partial charge in [0.1, 0.15) is 17.1 Å². The molecule has 0 amide bonds. The number of furan rings is 1. The Morgan fingerprint density at radius 2 is 1.91 bits per heavy atom. The van der Waals surface area contributed by atoms with Crippen LogP contribution < -0.4 is 4.74 Å². The molecule has 1 aromatic heterocycles. The van der Waals surface area contributed by atoms with Crippen molar-refractivity contribution in [2.75, 3.05) is 13.7 Å². The standard InChI is InChI=1S/C18H16O5/c1-3-22-18(20)17-16(11-4-7-13(21-2)8-5-11)14-10-12(19)6-9-15(14)23-17/h4-10,19H,3H2,1-2H3. The van der Waals surface area contributed by atoms with E-state index in [1.165, 1.54) is 6.07 Å². The van der Waals surface area contributed by atoms with Crippen molar-refractivity contribution < 1.29 is 23.8 Å². The summed E-state index contributed by atoms with van der Waals surface area (Å²) in [6.07, 6.45) is 0. The molecule has 0 saturated heterocycles. The fourth-order valence-electron chi connectivity index (χ4n) is 2.47. The van der Waals surface area contributed by atoms with Crippen LogP contribution in [0.2, 0.25) is 0 Å². The number of carbonyl (C=O) groups is 1. The lowest BCUT2D eigenvalue weighted by Crippen LogP contribution is -2.04. The lowest BCUT2D eigenvalue weighted by Gasteiger charge is -2.05. The smallest absolute Gasteiger partial charge is 0.374 e. The van der Waals surface area contributed by atoms with E-state index in [1.54, 1.807) is 38.3 Å². The number of esters is 1. The molecule has 118 valence electrons. The summed E-state index contributed by atoms with van der Waals surface area (Å²) in [6, 6.07) is 12.0. The maximum absolute atomic E-state index is 12.2. The molecule has 2 aromatic carbocycles. The maximum Gasteiger partial charge on any atom is 0.374 e. The van der Waals surface area contributed by atoms with Crippen molar-refractivity contribution in [1.82, 2.24) is 0 Å². The highest BCUT2D eigenvalue weighted by Gasteiger charge is 2.23. The molecule has 0 unspecified atom stereocenters. The number of phenolic OH excluding ortho intramolecular Hbond substituents is 1. The number of phenols is 1. The van der Waals surface area contributed by atoms with Crippen LogP contribution in [0.3, 0.4) is 0 Å². The van der Waals surface area contributed by atoms with Gasteiger partial charge in [0.2, 0.25) is 5.76 Å². The van der Waals surface area contributed by atoms with Gasteiger partial charge in [-0.2, -0.15) is 0 Å². The predicted molar refractivity (Wildman–Crippen MR) is 85.8 cm³/mol. The van der Waals surface area contributed by atoms with Gasteiger partial charge in [-0.15, -0.1) is 0 Å². The summed E-state index contributed by atoms with van der Waals surface area (Å²) >= 11 is 0. The number of aromatic hydroxyl groups is 1. The monoisotopic (exact) mass is 312 g/mol. The molecule has 0 fully saturated rings. The molecule has 1 N–H and O–H groups in total. The zero-order valence-electron chi connectivity index (χ0n) is 12.8. The molecule has 23 heavy (non-hydrogen) atoms. The first kappa shape index (κ1) is 15.0. The Hall–Kier alpha value is -2.95. The van der Waals surface area contributed by atoms with Gasteiger partial charge < -0.3 is 19.0 Å². The number of hydrogen-bond acceptors (Lipinski definition) is 5. The summed E-state index contributed by atoms with van der Waals surface area (Å²) in [6.45, 7) is 1.99. The van der Waals surface area contributed by atoms with Gasteiger partial charge in [-0.1, -0.05) is 12.1 Å². The fourth-order valence-corrected chi connectivity index (χ4v) is 2.47. The number of rotatable bonds is 4. The molecule has 0 spiro atoms. The van der Waals surface area contributed by atoms with Crippen LogP contribution in [0, 0.1) is 0 Å². The van der Waals surface area contributed by atoms with Crippen LogP contribution in [0.15, 0.2) is 46.9 Å². The van der Waals surface area contributed by atoms with E-state index in [1.807, 2.05) is 12.1 Å². The number of fused-ring (bicyclic) bond motifs is 1. The van der Waals surface area contributed by atoms with Gasteiger partial charge in [-0.25, -0.2) is 4.79 Å². The Bertz CT molecular complexity index is 846. The van der Waals surface area contributed by atoms with Crippen LogP contribution in [0.5, 0.6) is 11.5 Å². The predicted octanol–water partition coefficient (Wildman–Crippen LogP) is 3.99. The van der Waals surface area contributed by atoms with Crippen LogP contribution in [0.25, 0.3) is 22.1 Å². The number of ether oxygens (including phenoxy) is 2. The summed E-state index contributed by atoms with van der Waals surface area (Å²) in [5, 5.41) is 10.4. The van der Waals surface area contributed by atoms with Crippen LogP contribution in [0.1, 0.15) is 17.5 Å². The third kappa shape index (κ3) is 2.73. The average molecular weight is 312 g/mol. The first-order valence-electron chi connectivity index (χ1n) is 7.21. The molecule has 0 bridgehead atoms. The molecule has 0 aliphatic rings. The van der Waals surface area contributed by atoms with Crippen molar-refractivity contribution in [1.29, 1.82) is 0 Å². The number of hydrogen-bond donors (Lipinski definition) is 1. The van der Waals surface area contributed by atoms with E-state index < -0.39 is 5.97 Å². The molecule has 5 heteroatoms. The summed E-state index contributed by atoms with van der Waals surface area (Å²) in [7, 11) is 1.59. The van der Waals surface area contributed by atoms with Crippen molar-refractivity contribution in [3.63, 3.8) is 0 Å². The van der Waals surface area contributed by atoms with E-state index in [0.717, 1.165) is 5.56 Å². The Morgan fingerprint density at radius 1 is 1.17 bits per heavy atom. The Balaban J connectivity index is 2.23. The summed E-state index contributed by atoms with van der Waals surface area (Å²) < 4.78 is 15.9. The Morgan fingerprint density at radius 3 is 2.57 bits per heavy atom. The molecule has 1 heterocycles. The van der Waals surface area contributed by atoms with E-state index in [-0.39, 0.29) is 18.1 Å². The van der Waals surface area contributed by atoms with E-state index in [9.17, 15) is 9.90 Å². The zero-order chi connectivity index (χ0) is 16.4. The quantitative estimate of drug-likeness (QED) is 0.738. The van der Waals surface area contributed by atoms with Gasteiger partial charge in [0.05, 0.1) is 13.7 Å². The minimum Gasteiger partial charge on any atom is -0.508 e. The van der Waals surface area contributed by atoms with E-state index in [2.05, 4.69) is 0 Å². The lowest BCUT2D eigenvalue weighted by molar-refractivity contribution is 0.0494. The molecular formula is C18H16O5. The van der Waals surface area contributed by atoms with Crippen molar-refractivity contribution in [2.45, 2.75) is 6.92 Å². The SMILES string of the molecule is CCOC(=O)c1oc2ccc(O)cc2c1-c1ccc(OC)cc1. The highest BCUT2D eigenvalue weighted by molar-refractivity contribution is 6.06. The highest BCUT2D eigenvalue weighted by atomic mass is 16.5. The minimum absolute atomic E-state index is 0.100. The average Bonchev–Trinajstić information content (AvgIpc) is 2.94. The van der Waals surface area contributed by atoms with Crippen molar-refractivity contribution in [3.05, 3.63) is 48.2 Å². The summed E-state index contributed by atoms with van der Waals surface area (Å²) in [5.41, 5.74) is 1.88. The molecule has 0 saturated carbocycles. The van der Waals surface area contributed by atoms with Gasteiger partial charge in [0, 0.05) is 10.9 Å². The lowest BCUT2D eigenvalue weighted by atomic mass is 10.0. The normalized spacial score (nSPS) is 10.7. The van der Waals surface area contributed by atoms with Crippen molar-refractivity contribution in [3.8, 4) is 22.6 Å². The molecule has 5 nitrogen and oxygen atoms in total. The van der Waals surface area contributed by atoms with Crippen LogP contribution in [-0.2, 0) is 4.74 Å². The van der Waals surface area contributed by atoms with E-state index >= 15 is 0 Å². The molecule has 3 rings (SSSR count).